The van der Waals surface area contributed by atoms with E-state index < -0.39 is 0 Å². The second-order valence-corrected chi connectivity index (χ2v) is 7.71. The predicted molar refractivity (Wildman–Crippen MR) is 104 cm³/mol. The zero-order chi connectivity index (χ0) is 19.0. The van der Waals surface area contributed by atoms with E-state index in [0.717, 1.165) is 55.7 Å². The van der Waals surface area contributed by atoms with E-state index in [2.05, 4.69) is 22.3 Å². The molecule has 1 aromatic heterocycles. The van der Waals surface area contributed by atoms with Crippen LogP contribution in [0.1, 0.15) is 37.3 Å². The summed E-state index contributed by atoms with van der Waals surface area (Å²) in [5.74, 6) is 0.931. The van der Waals surface area contributed by atoms with Gasteiger partial charge in [-0.2, -0.15) is 5.10 Å². The van der Waals surface area contributed by atoms with Gasteiger partial charge in [0.25, 0.3) is 0 Å². The Hall–Kier alpha value is -2.63. The molecule has 27 heavy (non-hydrogen) atoms. The van der Waals surface area contributed by atoms with Gasteiger partial charge >= 0.3 is 0 Å². The van der Waals surface area contributed by atoms with Gasteiger partial charge in [0.1, 0.15) is 0 Å². The number of likely N-dealkylation sites (tertiary alicyclic amines) is 1. The minimum Gasteiger partial charge on any atom is -0.343 e. The molecule has 2 aliphatic heterocycles. The number of nitrogens with one attached hydrogen (secondary N) is 1. The largest absolute Gasteiger partial charge is 0.343 e. The molecular formula is C21H26N4O2. The monoisotopic (exact) mass is 366 g/mol. The SMILES string of the molecule is CC(=O)N1CCC(Cc2c[nH]nc2-c2ccc3c(c2)CCC(=O)N3C)CC1. The van der Waals surface area contributed by atoms with Crippen molar-refractivity contribution in [2.45, 2.75) is 39.0 Å². The lowest BCUT2D eigenvalue weighted by molar-refractivity contribution is -0.130. The van der Waals surface area contributed by atoms with Crippen LogP contribution in [0.4, 0.5) is 5.69 Å². The number of benzene rings is 1. The Morgan fingerprint density at radius 2 is 2.04 bits per heavy atom. The van der Waals surface area contributed by atoms with Crippen LogP contribution in [0, 0.1) is 5.92 Å². The van der Waals surface area contributed by atoms with Crippen molar-refractivity contribution in [1.29, 1.82) is 0 Å². The predicted octanol–water partition coefficient (Wildman–Crippen LogP) is 2.79. The van der Waals surface area contributed by atoms with Gasteiger partial charge in [-0.1, -0.05) is 6.07 Å². The zero-order valence-electron chi connectivity index (χ0n) is 16.0. The van der Waals surface area contributed by atoms with E-state index in [0.29, 0.717) is 12.3 Å². The second-order valence-electron chi connectivity index (χ2n) is 7.71. The van der Waals surface area contributed by atoms with Crippen LogP contribution in [0.5, 0.6) is 0 Å². The number of anilines is 1. The molecule has 1 fully saturated rings. The quantitative estimate of drug-likeness (QED) is 0.908. The van der Waals surface area contributed by atoms with Crippen molar-refractivity contribution < 1.29 is 9.59 Å². The molecule has 0 bridgehead atoms. The number of aromatic nitrogens is 2. The van der Waals surface area contributed by atoms with Crippen LogP contribution in [0.25, 0.3) is 11.3 Å². The van der Waals surface area contributed by atoms with Gasteiger partial charge in [-0.15, -0.1) is 0 Å². The lowest BCUT2D eigenvalue weighted by atomic mass is 9.89. The van der Waals surface area contributed by atoms with E-state index in [1.165, 1.54) is 11.1 Å². The van der Waals surface area contributed by atoms with Gasteiger partial charge in [0, 0.05) is 50.9 Å². The Morgan fingerprint density at radius 3 is 2.78 bits per heavy atom. The number of carbonyl (C=O) groups is 2. The van der Waals surface area contributed by atoms with Crippen LogP contribution in [0.3, 0.4) is 0 Å². The van der Waals surface area contributed by atoms with Crippen LogP contribution >= 0.6 is 0 Å². The number of carbonyl (C=O) groups excluding carboxylic acids is 2. The highest BCUT2D eigenvalue weighted by atomic mass is 16.2. The van der Waals surface area contributed by atoms with Gasteiger partial charge in [0.2, 0.25) is 11.8 Å². The Kier molecular flexibility index (Phi) is 4.72. The van der Waals surface area contributed by atoms with E-state index >= 15 is 0 Å². The Labute approximate surface area is 159 Å². The smallest absolute Gasteiger partial charge is 0.227 e. The van der Waals surface area contributed by atoms with E-state index in [1.54, 1.807) is 11.8 Å². The fraction of sp³-hybridized carbons (Fsp3) is 0.476. The van der Waals surface area contributed by atoms with Crippen molar-refractivity contribution in [2.24, 2.45) is 5.92 Å². The molecule has 4 rings (SSSR count). The molecule has 1 aromatic carbocycles. The third-order valence-corrected chi connectivity index (χ3v) is 5.98. The molecular weight excluding hydrogens is 340 g/mol. The van der Waals surface area contributed by atoms with Crippen LogP contribution in [0.15, 0.2) is 24.4 Å². The number of fused-ring (bicyclic) bond motifs is 1. The van der Waals surface area contributed by atoms with E-state index in [1.807, 2.05) is 24.2 Å². The highest BCUT2D eigenvalue weighted by Crippen LogP contribution is 2.33. The number of H-pyrrole nitrogens is 1. The molecule has 1 N–H and O–H groups in total. The van der Waals surface area contributed by atoms with Crippen molar-refractivity contribution in [3.8, 4) is 11.3 Å². The number of hydrogen-bond acceptors (Lipinski definition) is 3. The summed E-state index contributed by atoms with van der Waals surface area (Å²) in [6.45, 7) is 3.36. The summed E-state index contributed by atoms with van der Waals surface area (Å²) in [5, 5.41) is 7.54. The highest BCUT2D eigenvalue weighted by molar-refractivity contribution is 5.96. The molecule has 0 saturated carbocycles. The molecule has 0 unspecified atom stereocenters. The molecule has 2 aromatic rings. The van der Waals surface area contributed by atoms with Gasteiger partial charge in [0.05, 0.1) is 5.69 Å². The van der Waals surface area contributed by atoms with Crippen LogP contribution in [0.2, 0.25) is 0 Å². The number of rotatable bonds is 3. The van der Waals surface area contributed by atoms with Gasteiger partial charge in [-0.25, -0.2) is 0 Å². The average molecular weight is 366 g/mol. The number of aromatic amines is 1. The summed E-state index contributed by atoms with van der Waals surface area (Å²) in [6, 6.07) is 6.27. The molecule has 0 radical (unpaired) electrons. The van der Waals surface area contributed by atoms with Crippen LogP contribution in [-0.2, 0) is 22.4 Å². The maximum atomic E-state index is 11.9. The summed E-state index contributed by atoms with van der Waals surface area (Å²) < 4.78 is 0. The summed E-state index contributed by atoms with van der Waals surface area (Å²) in [7, 11) is 1.84. The van der Waals surface area contributed by atoms with Crippen molar-refractivity contribution in [1.82, 2.24) is 15.1 Å². The molecule has 1 saturated heterocycles. The second kappa shape index (κ2) is 7.18. The molecule has 3 heterocycles. The normalized spacial score (nSPS) is 17.9. The van der Waals surface area contributed by atoms with E-state index in [4.69, 9.17) is 0 Å². The fourth-order valence-electron chi connectivity index (χ4n) is 4.29. The number of piperidine rings is 1. The van der Waals surface area contributed by atoms with Crippen molar-refractivity contribution in [3.05, 3.63) is 35.5 Å². The lowest BCUT2D eigenvalue weighted by Gasteiger charge is -2.31. The Balaban J connectivity index is 1.51. The first-order valence-corrected chi connectivity index (χ1v) is 9.71. The van der Waals surface area contributed by atoms with Crippen molar-refractivity contribution in [3.63, 3.8) is 0 Å². The van der Waals surface area contributed by atoms with Crippen molar-refractivity contribution >= 4 is 17.5 Å². The molecule has 0 aliphatic carbocycles. The van der Waals surface area contributed by atoms with E-state index in [-0.39, 0.29) is 11.8 Å². The third kappa shape index (κ3) is 3.48. The molecule has 0 atom stereocenters. The number of aryl methyl sites for hydroxylation is 1. The first kappa shape index (κ1) is 17.8. The molecule has 142 valence electrons. The third-order valence-electron chi connectivity index (χ3n) is 5.98. The topological polar surface area (TPSA) is 69.3 Å². The Morgan fingerprint density at radius 1 is 1.26 bits per heavy atom. The summed E-state index contributed by atoms with van der Waals surface area (Å²) in [6.07, 6.45) is 6.42. The van der Waals surface area contributed by atoms with Gasteiger partial charge in [0.15, 0.2) is 0 Å². The maximum absolute atomic E-state index is 11.9. The maximum Gasteiger partial charge on any atom is 0.227 e. The summed E-state index contributed by atoms with van der Waals surface area (Å²) >= 11 is 0. The zero-order valence-corrected chi connectivity index (χ0v) is 16.0. The average Bonchev–Trinajstić information content (AvgIpc) is 3.13. The minimum absolute atomic E-state index is 0.174. The molecule has 6 nitrogen and oxygen atoms in total. The van der Waals surface area contributed by atoms with Gasteiger partial charge in [-0.3, -0.25) is 14.7 Å². The van der Waals surface area contributed by atoms with Crippen LogP contribution < -0.4 is 4.90 Å². The number of nitrogens with zero attached hydrogens (tertiary/aromatic N) is 3. The molecule has 2 aliphatic rings. The van der Waals surface area contributed by atoms with Gasteiger partial charge in [-0.05, 0) is 54.9 Å². The Bertz CT molecular complexity index is 865. The summed E-state index contributed by atoms with van der Waals surface area (Å²) in [4.78, 5) is 27.1. The van der Waals surface area contributed by atoms with Gasteiger partial charge < -0.3 is 9.80 Å². The molecule has 6 heteroatoms. The standard InChI is InChI=1S/C21H26N4O2/c1-14(26)25-9-7-15(8-10-25)11-18-13-22-23-21(18)17-3-5-19-16(12-17)4-6-20(27)24(19)2/h3,5,12-13,15H,4,6-11H2,1-2H3,(H,22,23). The first-order valence-electron chi connectivity index (χ1n) is 9.71. The fourth-order valence-corrected chi connectivity index (χ4v) is 4.29. The molecule has 2 amide bonds. The van der Waals surface area contributed by atoms with Crippen LogP contribution in [-0.4, -0.2) is 47.0 Å². The van der Waals surface area contributed by atoms with E-state index in [9.17, 15) is 9.59 Å². The number of hydrogen-bond donors (Lipinski definition) is 1. The summed E-state index contributed by atoms with van der Waals surface area (Å²) in [5.41, 5.74) is 5.55. The lowest BCUT2D eigenvalue weighted by Crippen LogP contribution is -2.37. The molecule has 0 spiro atoms. The number of amides is 2. The first-order chi connectivity index (χ1) is 13.0. The van der Waals surface area contributed by atoms with Crippen molar-refractivity contribution in [2.75, 3.05) is 25.0 Å². The highest BCUT2D eigenvalue weighted by Gasteiger charge is 2.24. The minimum atomic E-state index is 0.174.